The van der Waals surface area contributed by atoms with E-state index in [2.05, 4.69) is 10.6 Å². The van der Waals surface area contributed by atoms with Crippen LogP contribution in [-0.4, -0.2) is 68.0 Å². The van der Waals surface area contributed by atoms with Crippen molar-refractivity contribution in [2.75, 3.05) is 39.5 Å². The van der Waals surface area contributed by atoms with Crippen molar-refractivity contribution in [2.24, 2.45) is 0 Å². The van der Waals surface area contributed by atoms with Crippen LogP contribution >= 0.6 is 0 Å². The molecule has 1 aliphatic rings. The predicted octanol–water partition coefficient (Wildman–Crippen LogP) is 1.19. The summed E-state index contributed by atoms with van der Waals surface area (Å²) in [7, 11) is 0. The van der Waals surface area contributed by atoms with E-state index in [4.69, 9.17) is 9.47 Å². The number of carbonyl (C=O) groups is 4. The fourth-order valence-corrected chi connectivity index (χ4v) is 2.87. The first-order chi connectivity index (χ1) is 15.6. The summed E-state index contributed by atoms with van der Waals surface area (Å²) in [5.74, 6) is -0.218. The van der Waals surface area contributed by atoms with Crippen molar-refractivity contribution in [1.29, 1.82) is 0 Å². The van der Waals surface area contributed by atoms with Gasteiger partial charge in [0.15, 0.2) is 0 Å². The summed E-state index contributed by atoms with van der Waals surface area (Å²) in [4.78, 5) is 47.3. The average Bonchev–Trinajstić information content (AvgIpc) is 3.11. The van der Waals surface area contributed by atoms with Crippen LogP contribution in [0.25, 0.3) is 0 Å². The average molecular weight is 446 g/mol. The highest BCUT2D eigenvalue weighted by Crippen LogP contribution is 2.08. The molecule has 1 aromatic rings. The normalized spacial score (nSPS) is 12.8. The first-order valence-corrected chi connectivity index (χ1v) is 10.9. The van der Waals surface area contributed by atoms with Crippen LogP contribution in [0.1, 0.15) is 32.1 Å². The van der Waals surface area contributed by atoms with Crippen LogP contribution < -0.4 is 15.4 Å². The molecule has 0 radical (unpaired) electrons. The van der Waals surface area contributed by atoms with Crippen molar-refractivity contribution in [3.8, 4) is 5.75 Å². The Morgan fingerprint density at radius 3 is 2.16 bits per heavy atom. The molecule has 0 saturated carbocycles. The Bertz CT molecular complexity index is 763. The molecule has 0 atom stereocenters. The first-order valence-electron chi connectivity index (χ1n) is 10.9. The summed E-state index contributed by atoms with van der Waals surface area (Å²) in [5.41, 5.74) is 0. The number of carbonyl (C=O) groups excluding carboxylic acids is 4. The van der Waals surface area contributed by atoms with Crippen LogP contribution in [-0.2, 0) is 23.9 Å². The van der Waals surface area contributed by atoms with Gasteiger partial charge in [0.25, 0.3) is 11.8 Å². The number of para-hydroxylation sites is 1. The van der Waals surface area contributed by atoms with Gasteiger partial charge in [0, 0.05) is 51.2 Å². The maximum Gasteiger partial charge on any atom is 0.253 e. The van der Waals surface area contributed by atoms with Gasteiger partial charge in [0.2, 0.25) is 11.8 Å². The molecule has 1 aliphatic heterocycles. The SMILES string of the molecule is O=C(CCOCCCNC(=O)CCN1C(=O)C=CC1=O)NCCCCOc1ccccc1. The zero-order valence-electron chi connectivity index (χ0n) is 18.2. The number of ether oxygens (including phenoxy) is 2. The predicted molar refractivity (Wildman–Crippen MR) is 118 cm³/mol. The quantitative estimate of drug-likeness (QED) is 0.292. The molecular weight excluding hydrogens is 414 g/mol. The molecule has 0 fully saturated rings. The van der Waals surface area contributed by atoms with Gasteiger partial charge in [0.05, 0.1) is 13.2 Å². The van der Waals surface area contributed by atoms with Crippen LogP contribution in [0.5, 0.6) is 5.75 Å². The van der Waals surface area contributed by atoms with Crippen molar-refractivity contribution in [2.45, 2.75) is 32.1 Å². The van der Waals surface area contributed by atoms with Gasteiger partial charge in [-0.1, -0.05) is 18.2 Å². The Morgan fingerprint density at radius 2 is 1.44 bits per heavy atom. The van der Waals surface area contributed by atoms with Crippen LogP contribution in [0.4, 0.5) is 0 Å². The number of unbranched alkanes of at least 4 members (excludes halogenated alkanes) is 1. The fraction of sp³-hybridized carbons (Fsp3) is 0.478. The Labute approximate surface area is 188 Å². The van der Waals surface area contributed by atoms with Crippen molar-refractivity contribution < 1.29 is 28.7 Å². The monoisotopic (exact) mass is 445 g/mol. The third-order valence-electron chi connectivity index (χ3n) is 4.63. The summed E-state index contributed by atoms with van der Waals surface area (Å²) < 4.78 is 11.0. The van der Waals surface area contributed by atoms with Crippen molar-refractivity contribution >= 4 is 23.6 Å². The van der Waals surface area contributed by atoms with E-state index in [0.29, 0.717) is 45.8 Å². The van der Waals surface area contributed by atoms with Gasteiger partial charge >= 0.3 is 0 Å². The lowest BCUT2D eigenvalue weighted by Gasteiger charge is -2.13. The lowest BCUT2D eigenvalue weighted by atomic mass is 10.3. The highest BCUT2D eigenvalue weighted by molar-refractivity contribution is 6.13. The Hall–Kier alpha value is -3.20. The van der Waals surface area contributed by atoms with Gasteiger partial charge < -0.3 is 20.1 Å². The summed E-state index contributed by atoms with van der Waals surface area (Å²) in [6.45, 7) is 2.47. The number of rotatable bonds is 16. The van der Waals surface area contributed by atoms with Gasteiger partial charge in [-0.25, -0.2) is 0 Å². The summed E-state index contributed by atoms with van der Waals surface area (Å²) in [6.07, 6.45) is 5.06. The van der Waals surface area contributed by atoms with E-state index in [0.717, 1.165) is 23.5 Å². The molecule has 1 aromatic carbocycles. The number of imide groups is 1. The van der Waals surface area contributed by atoms with Crippen molar-refractivity contribution in [3.63, 3.8) is 0 Å². The number of nitrogens with zero attached hydrogens (tertiary/aromatic N) is 1. The molecule has 9 nitrogen and oxygen atoms in total. The highest BCUT2D eigenvalue weighted by Gasteiger charge is 2.23. The molecule has 1 heterocycles. The van der Waals surface area contributed by atoms with E-state index in [-0.39, 0.29) is 24.8 Å². The minimum Gasteiger partial charge on any atom is -0.494 e. The lowest BCUT2D eigenvalue weighted by Crippen LogP contribution is -2.35. The number of hydrogen-bond donors (Lipinski definition) is 2. The number of benzene rings is 1. The van der Waals surface area contributed by atoms with Crippen LogP contribution in [0.3, 0.4) is 0 Å². The van der Waals surface area contributed by atoms with Gasteiger partial charge in [0.1, 0.15) is 5.75 Å². The van der Waals surface area contributed by atoms with E-state index in [1.54, 1.807) is 0 Å². The lowest BCUT2D eigenvalue weighted by molar-refractivity contribution is -0.137. The molecule has 0 aromatic heterocycles. The summed E-state index contributed by atoms with van der Waals surface area (Å²) >= 11 is 0. The standard InChI is InChI=1S/C23H31N3O6/c27-20(11-15-26-22(29)9-10-23(26)30)25-14-6-16-31-18-12-21(28)24-13-4-5-17-32-19-7-2-1-3-8-19/h1-3,7-10H,4-6,11-18H2,(H,24,28)(H,25,27). The highest BCUT2D eigenvalue weighted by atomic mass is 16.5. The molecule has 0 saturated heterocycles. The zero-order valence-corrected chi connectivity index (χ0v) is 18.2. The summed E-state index contributed by atoms with van der Waals surface area (Å²) in [5, 5.41) is 5.57. The second-order valence-corrected chi connectivity index (χ2v) is 7.20. The van der Waals surface area contributed by atoms with E-state index >= 15 is 0 Å². The number of hydrogen-bond acceptors (Lipinski definition) is 6. The topological polar surface area (TPSA) is 114 Å². The third kappa shape index (κ3) is 10.2. The Morgan fingerprint density at radius 1 is 0.781 bits per heavy atom. The van der Waals surface area contributed by atoms with Gasteiger partial charge in [-0.15, -0.1) is 0 Å². The summed E-state index contributed by atoms with van der Waals surface area (Å²) in [6, 6.07) is 9.62. The first kappa shape index (κ1) is 25.1. The molecule has 9 heteroatoms. The van der Waals surface area contributed by atoms with E-state index < -0.39 is 11.8 Å². The number of amides is 4. The van der Waals surface area contributed by atoms with Gasteiger partial charge in [-0.05, 0) is 31.4 Å². The largest absolute Gasteiger partial charge is 0.494 e. The van der Waals surface area contributed by atoms with Crippen LogP contribution in [0, 0.1) is 0 Å². The second kappa shape index (κ2) is 14.7. The molecule has 32 heavy (non-hydrogen) atoms. The maximum atomic E-state index is 11.8. The van der Waals surface area contributed by atoms with Crippen LogP contribution in [0.2, 0.25) is 0 Å². The fourth-order valence-electron chi connectivity index (χ4n) is 2.87. The smallest absolute Gasteiger partial charge is 0.253 e. The van der Waals surface area contributed by atoms with Gasteiger partial charge in [-0.3, -0.25) is 24.1 Å². The molecule has 0 spiro atoms. The van der Waals surface area contributed by atoms with Crippen molar-refractivity contribution in [1.82, 2.24) is 15.5 Å². The van der Waals surface area contributed by atoms with E-state index in [1.165, 1.54) is 12.2 Å². The molecular formula is C23H31N3O6. The minimum atomic E-state index is -0.391. The Balaban J connectivity index is 1.35. The number of nitrogens with one attached hydrogen (secondary N) is 2. The molecule has 4 amide bonds. The maximum absolute atomic E-state index is 11.8. The van der Waals surface area contributed by atoms with E-state index in [9.17, 15) is 19.2 Å². The van der Waals surface area contributed by atoms with E-state index in [1.807, 2.05) is 30.3 Å². The minimum absolute atomic E-state index is 0.0530. The Kier molecular flexibility index (Phi) is 11.5. The van der Waals surface area contributed by atoms with Gasteiger partial charge in [-0.2, -0.15) is 0 Å². The van der Waals surface area contributed by atoms with Crippen LogP contribution in [0.15, 0.2) is 42.5 Å². The molecule has 2 N–H and O–H groups in total. The molecule has 174 valence electrons. The second-order valence-electron chi connectivity index (χ2n) is 7.20. The molecule has 0 aliphatic carbocycles. The van der Waals surface area contributed by atoms with Crippen molar-refractivity contribution in [3.05, 3.63) is 42.5 Å². The molecule has 0 unspecified atom stereocenters. The zero-order chi connectivity index (χ0) is 23.0. The molecule has 2 rings (SSSR count). The third-order valence-corrected chi connectivity index (χ3v) is 4.63. The molecule has 0 bridgehead atoms.